The lowest BCUT2D eigenvalue weighted by Crippen LogP contribution is -2.80. The molecule has 6 aliphatic heterocycles. The summed E-state index contributed by atoms with van der Waals surface area (Å²) in [6.07, 6.45) is 34.9. The van der Waals surface area contributed by atoms with Gasteiger partial charge in [-0.15, -0.1) is 5.92 Å². The zero-order chi connectivity index (χ0) is 65.9. The van der Waals surface area contributed by atoms with E-state index in [-0.39, 0.29) is 97.7 Å². The smallest absolute Gasteiger partial charge is 0.169 e. The molecule has 4 saturated carbocycles. The van der Waals surface area contributed by atoms with Gasteiger partial charge in [0.1, 0.15) is 5.75 Å². The summed E-state index contributed by atoms with van der Waals surface area (Å²) < 4.78 is 6.33. The van der Waals surface area contributed by atoms with Gasteiger partial charge in [-0.05, 0) is 237 Å². The molecule has 11 N–H and O–H groups in total. The highest BCUT2D eigenvalue weighted by Crippen LogP contribution is 2.84. The van der Waals surface area contributed by atoms with E-state index in [4.69, 9.17) is 15.0 Å². The average molecular weight is 1310 g/mol. The summed E-state index contributed by atoms with van der Waals surface area (Å²) in [5, 5.41) is 83.3. The van der Waals surface area contributed by atoms with Crippen LogP contribution in [0.4, 0.5) is 0 Å². The van der Waals surface area contributed by atoms with Crippen molar-refractivity contribution in [1.82, 2.24) is 30.9 Å². The predicted octanol–water partition coefficient (Wildman–Crippen LogP) is 13.9. The second kappa shape index (κ2) is 23.3. The quantitative estimate of drug-likeness (QED) is 0.0313. The van der Waals surface area contributed by atoms with Crippen molar-refractivity contribution in [3.05, 3.63) is 189 Å². The molecular weight excluding hydrogens is 1220 g/mol. The molecule has 3 saturated heterocycles. The number of piperidine rings is 2. The Labute approximate surface area is 575 Å². The van der Waals surface area contributed by atoms with Crippen LogP contribution in [0.3, 0.4) is 0 Å². The Balaban J connectivity index is 0.775. The molecule has 18 unspecified atom stereocenters. The zero-order valence-electron chi connectivity index (χ0n) is 56.2. The normalized spacial score (nSPS) is 37.2. The molecule has 13 aliphatic rings. The summed E-state index contributed by atoms with van der Waals surface area (Å²) in [6.45, 7) is 3.40. The van der Waals surface area contributed by atoms with E-state index in [1.54, 1.807) is 23.8 Å². The number of allylic oxidation sites excluding steroid dienone is 1. The molecule has 506 valence electrons. The minimum atomic E-state index is -0.640. The van der Waals surface area contributed by atoms with Crippen LogP contribution >= 0.6 is 0 Å². The Morgan fingerprint density at radius 3 is 2.51 bits per heavy atom. The number of ether oxygens (including phenoxy) is 1. The van der Waals surface area contributed by atoms with E-state index in [1.165, 1.54) is 64.0 Å². The van der Waals surface area contributed by atoms with Gasteiger partial charge in [0.15, 0.2) is 23.0 Å². The lowest BCUT2D eigenvalue weighted by molar-refractivity contribution is -0.239. The minimum absolute atomic E-state index is 0.0279. The van der Waals surface area contributed by atoms with Crippen molar-refractivity contribution < 1.29 is 35.4 Å². The van der Waals surface area contributed by atoms with Crippen LogP contribution in [-0.4, -0.2) is 96.1 Å². The lowest BCUT2D eigenvalue weighted by Gasteiger charge is -2.76. The zero-order valence-corrected chi connectivity index (χ0v) is 56.2. The molecular formula is C85H94N6O7. The van der Waals surface area contributed by atoms with Crippen molar-refractivity contribution in [2.45, 2.75) is 176 Å². The average Bonchev–Trinajstić information content (AvgIpc) is 1.62. The van der Waals surface area contributed by atoms with Crippen molar-refractivity contribution in [2.75, 3.05) is 26.3 Å². The minimum Gasteiger partial charge on any atom is -0.507 e. The van der Waals surface area contributed by atoms with Crippen LogP contribution in [0.2, 0.25) is 0 Å². The van der Waals surface area contributed by atoms with E-state index in [2.05, 4.69) is 111 Å². The number of aromatic amines is 2. The number of aliphatic hydroxyl groups is 1. The van der Waals surface area contributed by atoms with E-state index < -0.39 is 11.5 Å². The number of hydrogen-bond donors (Lipinski definition) is 11. The molecule has 18 atom stereocenters. The highest BCUT2D eigenvalue weighted by molar-refractivity contribution is 6.03. The Bertz CT molecular complexity index is 4460. The predicted molar refractivity (Wildman–Crippen MR) is 381 cm³/mol. The maximum atomic E-state index is 13.9. The summed E-state index contributed by atoms with van der Waals surface area (Å²) in [6, 6.07) is 30.7. The van der Waals surface area contributed by atoms with Gasteiger partial charge in [0.05, 0.1) is 23.5 Å². The third-order valence-electron chi connectivity index (χ3n) is 29.0. The molecule has 13 heteroatoms. The van der Waals surface area contributed by atoms with Crippen LogP contribution in [0.5, 0.6) is 28.7 Å². The number of benzene rings is 5. The molecule has 9 bridgehead atoms. The van der Waals surface area contributed by atoms with Crippen LogP contribution in [0.25, 0.3) is 22.9 Å². The van der Waals surface area contributed by atoms with Crippen molar-refractivity contribution in [3.8, 4) is 40.6 Å². The Hall–Kier alpha value is -7.57. The van der Waals surface area contributed by atoms with Crippen molar-refractivity contribution in [2.24, 2.45) is 57.2 Å². The number of phenolic OH excluding ortho intramolecular Hbond substituents is 5. The first-order valence-electron chi connectivity index (χ1n) is 37.5. The number of hydrogen-bond acceptors (Lipinski definition) is 11. The molecule has 2 aromatic heterocycles. The molecule has 0 amide bonds. The van der Waals surface area contributed by atoms with E-state index in [0.29, 0.717) is 64.5 Å². The highest BCUT2D eigenvalue weighted by atomic mass is 16.5. The van der Waals surface area contributed by atoms with E-state index in [0.717, 1.165) is 141 Å². The van der Waals surface area contributed by atoms with Crippen LogP contribution in [-0.2, 0) is 42.3 Å². The van der Waals surface area contributed by atoms with Gasteiger partial charge in [0.2, 0.25) is 0 Å². The van der Waals surface area contributed by atoms with Crippen LogP contribution in [0, 0.1) is 69.0 Å². The first-order chi connectivity index (χ1) is 47.9. The largest absolute Gasteiger partial charge is 0.507 e. The Kier molecular flexibility index (Phi) is 14.6. The van der Waals surface area contributed by atoms with E-state index in [1.807, 2.05) is 18.5 Å². The molecule has 98 heavy (non-hydrogen) atoms. The second-order valence-electron chi connectivity index (χ2n) is 32.8. The number of nitrogens with one attached hydrogen (secondary N) is 5. The molecule has 0 radical (unpaired) electrons. The summed E-state index contributed by atoms with van der Waals surface area (Å²) in [4.78, 5) is 13.7. The molecule has 5 aromatic carbocycles. The first kappa shape index (κ1) is 61.5. The molecule has 7 aromatic rings. The van der Waals surface area contributed by atoms with Gasteiger partial charge in [0.25, 0.3) is 0 Å². The number of aryl methyl sites for hydroxylation is 2. The van der Waals surface area contributed by atoms with Crippen LogP contribution in [0.1, 0.15) is 176 Å². The van der Waals surface area contributed by atoms with E-state index in [9.17, 15) is 30.6 Å². The molecule has 13 nitrogen and oxygen atoms in total. The van der Waals surface area contributed by atoms with Crippen LogP contribution in [0.15, 0.2) is 127 Å². The molecule has 3 spiro atoms. The van der Waals surface area contributed by atoms with Crippen molar-refractivity contribution in [1.29, 1.82) is 0 Å². The number of rotatable bonds is 7. The third-order valence-corrected chi connectivity index (χ3v) is 29.0. The van der Waals surface area contributed by atoms with Gasteiger partial charge < -0.3 is 61.3 Å². The molecule has 7 fully saturated rings. The Morgan fingerprint density at radius 2 is 1.62 bits per heavy atom. The molecule has 20 rings (SSSR count). The third kappa shape index (κ3) is 9.04. The fourth-order valence-corrected chi connectivity index (χ4v) is 25.2. The van der Waals surface area contributed by atoms with Crippen LogP contribution < -0.4 is 16.0 Å². The summed E-state index contributed by atoms with van der Waals surface area (Å²) in [5.74, 6) is 10.2. The molecule has 7 aliphatic carbocycles. The van der Waals surface area contributed by atoms with Gasteiger partial charge in [-0.25, -0.2) is 4.98 Å². The topological polar surface area (TPSA) is 211 Å². The standard InChI is InChI=1S/C85H94N6O7/c92-70-23-17-50(37-73(70)95)16-21-60-61-11-4-12-71(93)75(61)77(97)76(96)62(60)22-15-49-13-18-52(19-14-49)67-42-81-43-68-56(39-63(69(44-81)90-68)51-7-2-1-3-8-51)45-86-35-27-55-46-87-66-40-53-28-36-98-47-57(53)38-54(74(55)66)9-5-29-82-31-25-59-41-64(81)79(91-67)85(80-65(26-32-82)88-48-89-80)78-72(94)24-20-58-10-6-30-83(58,78)33-34-84(59,82)85/h1-4,7-8,11-14,16-21,23-24,37,39,46,48,53-54,57-59,63-64,67-69,72,78-79,86-87,90-97H,6,9-10,15,22,25-28,30-36,38,40-45,47H2,(H,88,89). The number of aromatic hydroxyl groups is 5. The fraction of sp³-hybridized carbons (Fsp3) is 0.494. The van der Waals surface area contributed by atoms with Gasteiger partial charge in [-0.2, -0.15) is 0 Å². The monoisotopic (exact) mass is 1310 g/mol. The second-order valence-corrected chi connectivity index (χ2v) is 32.8. The number of nitrogens with zero attached hydrogens (tertiary/aromatic N) is 1. The number of imidazole rings is 1. The van der Waals surface area contributed by atoms with Gasteiger partial charge in [0, 0.05) is 102 Å². The summed E-state index contributed by atoms with van der Waals surface area (Å²) in [5.41, 5.74) is 12.6. The Morgan fingerprint density at radius 1 is 0.735 bits per heavy atom. The first-order valence-corrected chi connectivity index (χ1v) is 37.5. The molecule has 8 heterocycles. The maximum Gasteiger partial charge on any atom is 0.169 e. The summed E-state index contributed by atoms with van der Waals surface area (Å²) in [7, 11) is 0. The summed E-state index contributed by atoms with van der Waals surface area (Å²) >= 11 is 0. The van der Waals surface area contributed by atoms with Crippen molar-refractivity contribution >= 4 is 22.9 Å². The van der Waals surface area contributed by atoms with Crippen molar-refractivity contribution in [3.63, 3.8) is 0 Å². The number of H-pyrrole nitrogens is 2. The van der Waals surface area contributed by atoms with Gasteiger partial charge >= 0.3 is 0 Å². The van der Waals surface area contributed by atoms with E-state index >= 15 is 0 Å². The van der Waals surface area contributed by atoms with Gasteiger partial charge in [-0.3, -0.25) is 0 Å². The number of fused-ring (bicyclic) bond motifs is 8. The number of phenols is 5. The SMILES string of the molecule is Oc1ccc(C=Cc2c(CCc3ccc(C4CC56CC7NC(C5)C(c5ccccc5)C=C7CNCCc5c[nH]c7c5C(CC#CC58CCc9[nH]cnc9C9%10C(N4)C6CC(CC5)C89CCC45CCCC4C=CC(O)C5%10)CC4COCCC4C7)cc3)c(O)c(O)c3c(O)cccc23)cc1O. The lowest BCUT2D eigenvalue weighted by atomic mass is 9.28. The number of aliphatic hydroxyl groups excluding tert-OH is 1. The highest BCUT2D eigenvalue weighted by Gasteiger charge is 2.83. The van der Waals surface area contributed by atoms with Gasteiger partial charge in [-0.1, -0.05) is 116 Å². The maximum absolute atomic E-state index is 13.9. The number of aromatic nitrogens is 3. The fourth-order valence-electron chi connectivity index (χ4n) is 25.2.